The molecule has 0 unspecified atom stereocenters. The van der Waals surface area contributed by atoms with Crippen LogP contribution >= 0.6 is 0 Å². The van der Waals surface area contributed by atoms with Gasteiger partial charge in [-0.2, -0.15) is 0 Å². The van der Waals surface area contributed by atoms with Crippen molar-refractivity contribution in [2.75, 3.05) is 0 Å². The van der Waals surface area contributed by atoms with Gasteiger partial charge < -0.3 is 18.3 Å². The number of aryl methyl sites for hydroxylation is 2. The summed E-state index contributed by atoms with van der Waals surface area (Å²) in [5.74, 6) is 0. The van der Waals surface area contributed by atoms with Crippen molar-refractivity contribution in [3.8, 4) is 89.5 Å². The molecule has 103 heavy (non-hydrogen) atoms. The maximum absolute atomic E-state index is 2.41. The summed E-state index contributed by atoms with van der Waals surface area (Å²) in [4.78, 5) is 0. The van der Waals surface area contributed by atoms with Crippen molar-refractivity contribution < 1.29 is 0 Å². The van der Waals surface area contributed by atoms with Crippen molar-refractivity contribution in [3.05, 3.63) is 387 Å². The number of benzene rings is 16. The second kappa shape index (κ2) is 25.8. The Hall–Kier alpha value is -13.3. The van der Waals surface area contributed by atoms with E-state index in [-0.39, 0.29) is 7.43 Å². The molecule has 0 N–H and O–H groups in total. The molecule has 0 bridgehead atoms. The predicted molar refractivity (Wildman–Crippen MR) is 439 cm³/mol. The van der Waals surface area contributed by atoms with Gasteiger partial charge in [0.2, 0.25) is 0 Å². The molecule has 4 heterocycles. The molecular weight excluding hydrogens is 1250 g/mol. The van der Waals surface area contributed by atoms with Gasteiger partial charge in [-0.15, -0.1) is 0 Å². The fourth-order valence-corrected chi connectivity index (χ4v) is 15.7. The minimum atomic E-state index is 0. The van der Waals surface area contributed by atoms with Crippen LogP contribution in [0.5, 0.6) is 0 Å². The van der Waals surface area contributed by atoms with Gasteiger partial charge in [-0.1, -0.05) is 267 Å². The van der Waals surface area contributed by atoms with Gasteiger partial charge in [0.25, 0.3) is 0 Å². The zero-order chi connectivity index (χ0) is 67.8. The van der Waals surface area contributed by atoms with Gasteiger partial charge >= 0.3 is 0 Å². The molecule has 488 valence electrons. The van der Waals surface area contributed by atoms with E-state index in [1.807, 2.05) is 0 Å². The number of hydrogen-bond donors (Lipinski definition) is 0. The lowest BCUT2D eigenvalue weighted by Crippen LogP contribution is -1.94. The zero-order valence-corrected chi connectivity index (χ0v) is 56.6. The van der Waals surface area contributed by atoms with Gasteiger partial charge in [0.15, 0.2) is 0 Å². The highest BCUT2D eigenvalue weighted by molar-refractivity contribution is 6.15. The van der Waals surface area contributed by atoms with Crippen LogP contribution in [0.25, 0.3) is 177 Å². The molecule has 4 heteroatoms. The molecule has 20 rings (SSSR count). The molecule has 20 aromatic rings. The van der Waals surface area contributed by atoms with Gasteiger partial charge in [-0.05, 0) is 208 Å². The van der Waals surface area contributed by atoms with Crippen molar-refractivity contribution in [3.63, 3.8) is 0 Å². The molecule has 0 fully saturated rings. The molecule has 0 aliphatic heterocycles. The first-order chi connectivity index (χ1) is 50.4. The van der Waals surface area contributed by atoms with Crippen molar-refractivity contribution in [1.29, 1.82) is 0 Å². The van der Waals surface area contributed by atoms with Crippen molar-refractivity contribution in [1.82, 2.24) is 18.3 Å². The lowest BCUT2D eigenvalue weighted by Gasteiger charge is -2.11. The standard InChI is InChI=1S/2C49H34N2.CH4/c1-33-16-27-47-43(30-33)45-32-39(22-29-49(45)51(47)41-25-19-37(20-26-41)35-12-6-3-7-13-35)38-21-28-48-44(31-38)42-14-8-9-15-46(42)50(48)40-23-17-36(18-24-40)34-10-4-2-5-11-34;1-33-15-17-35(18-16-33)37-21-27-41(28-22-37)51-47-14-8-6-12-43(47)45-32-39(24-30-49(45)51)38-23-29-48-44(31-38)42-11-5-7-13-46(42)50(48)40-25-19-36(20-26-40)34-9-3-2-4-10-34;/h2*2-32H,1H3;1H4. The van der Waals surface area contributed by atoms with Crippen LogP contribution in [-0.2, 0) is 0 Å². The number of rotatable bonds is 10. The lowest BCUT2D eigenvalue weighted by molar-refractivity contribution is 1.18. The van der Waals surface area contributed by atoms with Gasteiger partial charge in [0, 0.05) is 65.8 Å². The highest BCUT2D eigenvalue weighted by Crippen LogP contribution is 2.42. The molecule has 0 aliphatic carbocycles. The van der Waals surface area contributed by atoms with E-state index in [1.54, 1.807) is 0 Å². The van der Waals surface area contributed by atoms with Crippen LogP contribution < -0.4 is 0 Å². The average Bonchev–Trinajstić information content (AvgIpc) is 1.60. The summed E-state index contributed by atoms with van der Waals surface area (Å²) in [5.41, 5.74) is 31.5. The molecule has 0 aliphatic rings. The maximum atomic E-state index is 2.41. The van der Waals surface area contributed by atoms with Gasteiger partial charge in [-0.3, -0.25) is 0 Å². The highest BCUT2D eigenvalue weighted by Gasteiger charge is 2.20. The largest absolute Gasteiger partial charge is 0.309 e. The van der Waals surface area contributed by atoms with Crippen molar-refractivity contribution >= 4 is 87.2 Å². The maximum Gasteiger partial charge on any atom is 0.0541 e. The smallest absolute Gasteiger partial charge is 0.0541 e. The first-order valence-electron chi connectivity index (χ1n) is 35.2. The summed E-state index contributed by atoms with van der Waals surface area (Å²) in [6.45, 7) is 4.31. The van der Waals surface area contributed by atoms with E-state index >= 15 is 0 Å². The fraction of sp³-hybridized carbons (Fsp3) is 0.0303. The third-order valence-corrected chi connectivity index (χ3v) is 20.8. The van der Waals surface area contributed by atoms with E-state index < -0.39 is 0 Å². The van der Waals surface area contributed by atoms with Gasteiger partial charge in [0.1, 0.15) is 0 Å². The predicted octanol–water partition coefficient (Wildman–Crippen LogP) is 27.0. The average molecular weight is 1320 g/mol. The van der Waals surface area contributed by atoms with Crippen LogP contribution in [0.2, 0.25) is 0 Å². The third-order valence-electron chi connectivity index (χ3n) is 20.8. The quantitative estimate of drug-likeness (QED) is 0.130. The van der Waals surface area contributed by atoms with Crippen molar-refractivity contribution in [2.24, 2.45) is 0 Å². The second-order valence-corrected chi connectivity index (χ2v) is 27.0. The minimum absolute atomic E-state index is 0. The van der Waals surface area contributed by atoms with E-state index in [4.69, 9.17) is 0 Å². The SMILES string of the molecule is C.Cc1ccc(-c2ccc(-n3c4ccccc4c4cc(-c5ccc6c(c5)c5ccccc5n6-c5ccc(-c6ccccc6)cc5)ccc43)cc2)cc1.Cc1ccc2c(c1)c1cc(-c3ccc4c(c3)c3ccccc3n4-c3ccc(-c4ccccc4)cc3)ccc1n2-c1ccc(-c2ccccc2)cc1. The van der Waals surface area contributed by atoms with Crippen LogP contribution in [0.15, 0.2) is 376 Å². The Bertz CT molecular complexity index is 6550. The Morgan fingerprint density at radius 3 is 0.631 bits per heavy atom. The summed E-state index contributed by atoms with van der Waals surface area (Å²) < 4.78 is 9.59. The summed E-state index contributed by atoms with van der Waals surface area (Å²) in [7, 11) is 0. The third kappa shape index (κ3) is 11.0. The Labute approximate surface area is 599 Å². The Morgan fingerprint density at radius 2 is 0.340 bits per heavy atom. The van der Waals surface area contributed by atoms with Crippen LogP contribution in [0.4, 0.5) is 0 Å². The Morgan fingerprint density at radius 1 is 0.146 bits per heavy atom. The van der Waals surface area contributed by atoms with Crippen LogP contribution in [0.1, 0.15) is 18.6 Å². The minimum Gasteiger partial charge on any atom is -0.309 e. The number of nitrogens with zero attached hydrogens (tertiary/aromatic N) is 4. The molecule has 4 aromatic heterocycles. The van der Waals surface area contributed by atoms with E-state index in [9.17, 15) is 0 Å². The van der Waals surface area contributed by atoms with Gasteiger partial charge in [0.05, 0.1) is 44.1 Å². The summed E-state index contributed by atoms with van der Waals surface area (Å²) in [6, 6.07) is 137. The number of hydrogen-bond acceptors (Lipinski definition) is 0. The molecule has 0 saturated carbocycles. The topological polar surface area (TPSA) is 19.7 Å². The normalized spacial score (nSPS) is 11.5. The monoisotopic (exact) mass is 1320 g/mol. The van der Waals surface area contributed by atoms with Crippen molar-refractivity contribution in [2.45, 2.75) is 21.3 Å². The van der Waals surface area contributed by atoms with Crippen LogP contribution in [-0.4, -0.2) is 18.3 Å². The summed E-state index contributed by atoms with van der Waals surface area (Å²) in [6.07, 6.45) is 0. The second-order valence-electron chi connectivity index (χ2n) is 27.0. The number of para-hydroxylation sites is 3. The molecule has 16 aromatic carbocycles. The molecular formula is C99H72N4. The van der Waals surface area contributed by atoms with E-state index in [0.29, 0.717) is 0 Å². The molecule has 0 radical (unpaired) electrons. The Kier molecular flexibility index (Phi) is 15.5. The van der Waals surface area contributed by atoms with E-state index in [2.05, 4.69) is 408 Å². The molecule has 0 spiro atoms. The number of aromatic nitrogens is 4. The molecule has 4 nitrogen and oxygen atoms in total. The van der Waals surface area contributed by atoms with Gasteiger partial charge in [-0.25, -0.2) is 0 Å². The number of fused-ring (bicyclic) bond motifs is 12. The fourth-order valence-electron chi connectivity index (χ4n) is 15.7. The van der Waals surface area contributed by atoms with Crippen LogP contribution in [0.3, 0.4) is 0 Å². The lowest BCUT2D eigenvalue weighted by atomic mass is 10.00. The van der Waals surface area contributed by atoms with Crippen LogP contribution in [0, 0.1) is 13.8 Å². The molecule has 0 atom stereocenters. The molecule has 0 saturated heterocycles. The zero-order valence-electron chi connectivity index (χ0n) is 56.6. The first kappa shape index (κ1) is 62.0. The van der Waals surface area contributed by atoms with E-state index in [0.717, 1.165) is 22.7 Å². The first-order valence-corrected chi connectivity index (χ1v) is 35.2. The summed E-state index contributed by atoms with van der Waals surface area (Å²) in [5, 5.41) is 10.1. The summed E-state index contributed by atoms with van der Waals surface area (Å²) >= 11 is 0. The highest BCUT2D eigenvalue weighted by atomic mass is 15.0. The van der Waals surface area contributed by atoms with E-state index in [1.165, 1.54) is 165 Å². The Balaban J connectivity index is 0.000000146. The molecule has 0 amide bonds.